The van der Waals surface area contributed by atoms with Crippen molar-refractivity contribution in [3.63, 3.8) is 0 Å². The van der Waals surface area contributed by atoms with Crippen LogP contribution in [0.15, 0.2) is 12.4 Å². The summed E-state index contributed by atoms with van der Waals surface area (Å²) in [7, 11) is 2.21. The standard InChI is InChI=1S/C22H39N5/c1-17(2)25(5)12-8-6-7-9-19-13-23-22(24-14-19)27-20-10-11-21(27)16-26(15-20)18(3)4/h13-14,17-18,20-21H,6-12,15-16H2,1-5H3. The van der Waals surface area contributed by atoms with Crippen LogP contribution in [0.3, 0.4) is 0 Å². The fraction of sp³-hybridized carbons (Fsp3) is 0.818. The van der Waals surface area contributed by atoms with E-state index in [1.807, 2.05) is 0 Å². The maximum atomic E-state index is 4.75. The largest absolute Gasteiger partial charge is 0.332 e. The van der Waals surface area contributed by atoms with Crippen LogP contribution in [0.25, 0.3) is 0 Å². The summed E-state index contributed by atoms with van der Waals surface area (Å²) in [6, 6.07) is 2.47. The highest BCUT2D eigenvalue weighted by molar-refractivity contribution is 5.37. The highest BCUT2D eigenvalue weighted by Crippen LogP contribution is 2.33. The van der Waals surface area contributed by atoms with Crippen LogP contribution in [-0.2, 0) is 6.42 Å². The van der Waals surface area contributed by atoms with Gasteiger partial charge in [-0.1, -0.05) is 6.42 Å². The lowest BCUT2D eigenvalue weighted by atomic mass is 10.1. The van der Waals surface area contributed by atoms with Gasteiger partial charge in [-0.25, -0.2) is 9.97 Å². The number of hydrogen-bond donors (Lipinski definition) is 0. The maximum Gasteiger partial charge on any atom is 0.225 e. The molecule has 0 radical (unpaired) electrons. The minimum absolute atomic E-state index is 0.593. The number of aryl methyl sites for hydroxylation is 1. The van der Waals surface area contributed by atoms with Gasteiger partial charge in [0.05, 0.1) is 0 Å². The monoisotopic (exact) mass is 373 g/mol. The van der Waals surface area contributed by atoms with Gasteiger partial charge >= 0.3 is 0 Å². The van der Waals surface area contributed by atoms with Crippen molar-refractivity contribution >= 4 is 5.95 Å². The Labute approximate surface area is 166 Å². The third-order valence-electron chi connectivity index (χ3n) is 6.52. The van der Waals surface area contributed by atoms with Crippen LogP contribution in [-0.4, -0.2) is 70.6 Å². The molecule has 0 N–H and O–H groups in total. The predicted molar refractivity (Wildman–Crippen MR) is 113 cm³/mol. The Bertz CT molecular complexity index is 557. The van der Waals surface area contributed by atoms with Crippen molar-refractivity contribution in [1.29, 1.82) is 0 Å². The zero-order chi connectivity index (χ0) is 19.4. The number of piperazine rings is 1. The maximum absolute atomic E-state index is 4.75. The van der Waals surface area contributed by atoms with Gasteiger partial charge in [-0.15, -0.1) is 0 Å². The summed E-state index contributed by atoms with van der Waals surface area (Å²) in [4.78, 5) is 17.0. The molecule has 0 saturated carbocycles. The number of aromatic nitrogens is 2. The average molecular weight is 374 g/mol. The van der Waals surface area contributed by atoms with Gasteiger partial charge in [-0.3, -0.25) is 4.90 Å². The Morgan fingerprint density at radius 1 is 1.00 bits per heavy atom. The van der Waals surface area contributed by atoms with Crippen molar-refractivity contribution in [3.8, 4) is 0 Å². The first-order valence-electron chi connectivity index (χ1n) is 11.0. The summed E-state index contributed by atoms with van der Waals surface area (Å²) in [5.74, 6) is 0.952. The molecule has 0 aromatic carbocycles. The number of nitrogens with zero attached hydrogens (tertiary/aromatic N) is 5. The molecule has 0 spiro atoms. The zero-order valence-electron chi connectivity index (χ0n) is 18.1. The van der Waals surface area contributed by atoms with E-state index in [0.717, 1.165) is 25.5 Å². The molecule has 0 amide bonds. The SMILES string of the molecule is CC(C)N(C)CCCCCc1cnc(N2C3CCC2CN(C(C)C)C3)nc1. The minimum Gasteiger partial charge on any atom is -0.332 e. The molecule has 27 heavy (non-hydrogen) atoms. The average Bonchev–Trinajstić information content (AvgIpc) is 2.90. The molecule has 2 atom stereocenters. The highest BCUT2D eigenvalue weighted by Gasteiger charge is 2.41. The van der Waals surface area contributed by atoms with Crippen LogP contribution >= 0.6 is 0 Å². The summed E-state index contributed by atoms with van der Waals surface area (Å²) in [6.07, 6.45) is 11.6. The molecular formula is C22H39N5. The second kappa shape index (κ2) is 9.33. The van der Waals surface area contributed by atoms with Crippen LogP contribution < -0.4 is 4.90 Å². The van der Waals surface area contributed by atoms with Crippen molar-refractivity contribution < 1.29 is 0 Å². The molecule has 5 heteroatoms. The number of anilines is 1. The Morgan fingerprint density at radius 2 is 1.63 bits per heavy atom. The van der Waals surface area contributed by atoms with E-state index >= 15 is 0 Å². The van der Waals surface area contributed by atoms with E-state index in [2.05, 4.69) is 61.8 Å². The molecule has 3 heterocycles. The highest BCUT2D eigenvalue weighted by atomic mass is 15.4. The van der Waals surface area contributed by atoms with E-state index in [4.69, 9.17) is 9.97 Å². The molecule has 2 bridgehead atoms. The summed E-state index contributed by atoms with van der Waals surface area (Å²) in [6.45, 7) is 12.6. The molecule has 1 aromatic rings. The Kier molecular flexibility index (Phi) is 7.10. The topological polar surface area (TPSA) is 35.5 Å². The minimum atomic E-state index is 0.593. The third kappa shape index (κ3) is 5.20. The van der Waals surface area contributed by atoms with Gasteiger partial charge in [0.25, 0.3) is 0 Å². The molecule has 5 nitrogen and oxygen atoms in total. The molecular weight excluding hydrogens is 334 g/mol. The fourth-order valence-corrected chi connectivity index (χ4v) is 4.42. The number of fused-ring (bicyclic) bond motifs is 2. The van der Waals surface area contributed by atoms with E-state index in [0.29, 0.717) is 24.2 Å². The molecule has 2 fully saturated rings. The van der Waals surface area contributed by atoms with Gasteiger partial charge in [0.2, 0.25) is 5.95 Å². The van der Waals surface area contributed by atoms with Crippen molar-refractivity contribution in [2.75, 3.05) is 31.6 Å². The van der Waals surface area contributed by atoms with E-state index in [-0.39, 0.29) is 0 Å². The van der Waals surface area contributed by atoms with E-state index in [1.54, 1.807) is 0 Å². The van der Waals surface area contributed by atoms with Gasteiger partial charge in [-0.05, 0) is 79.0 Å². The molecule has 0 aliphatic carbocycles. The molecule has 2 saturated heterocycles. The molecule has 1 aromatic heterocycles. The lowest BCUT2D eigenvalue weighted by molar-refractivity contribution is 0.176. The van der Waals surface area contributed by atoms with Crippen LogP contribution in [0.1, 0.15) is 65.4 Å². The van der Waals surface area contributed by atoms with Crippen molar-refractivity contribution in [1.82, 2.24) is 19.8 Å². The van der Waals surface area contributed by atoms with E-state index < -0.39 is 0 Å². The second-order valence-corrected chi connectivity index (χ2v) is 9.12. The summed E-state index contributed by atoms with van der Waals surface area (Å²) < 4.78 is 0. The first kappa shape index (κ1) is 20.5. The van der Waals surface area contributed by atoms with E-state index in [9.17, 15) is 0 Å². The summed E-state index contributed by atoms with van der Waals surface area (Å²) >= 11 is 0. The number of unbranched alkanes of at least 4 members (excludes halogenated alkanes) is 2. The number of likely N-dealkylation sites (tertiary alicyclic amines) is 1. The number of hydrogen-bond acceptors (Lipinski definition) is 5. The van der Waals surface area contributed by atoms with Crippen molar-refractivity contribution in [3.05, 3.63) is 18.0 Å². The Morgan fingerprint density at radius 3 is 2.19 bits per heavy atom. The smallest absolute Gasteiger partial charge is 0.225 e. The normalized spacial score (nSPS) is 23.2. The van der Waals surface area contributed by atoms with Crippen LogP contribution in [0, 0.1) is 0 Å². The van der Waals surface area contributed by atoms with Crippen LogP contribution in [0.4, 0.5) is 5.95 Å². The van der Waals surface area contributed by atoms with Gasteiger partial charge in [0, 0.05) is 49.7 Å². The van der Waals surface area contributed by atoms with Crippen LogP contribution in [0.2, 0.25) is 0 Å². The quantitative estimate of drug-likeness (QED) is 0.618. The molecule has 2 aliphatic rings. The molecule has 152 valence electrons. The van der Waals surface area contributed by atoms with E-state index in [1.165, 1.54) is 44.2 Å². The van der Waals surface area contributed by atoms with Crippen LogP contribution in [0.5, 0.6) is 0 Å². The van der Waals surface area contributed by atoms with Gasteiger partial charge < -0.3 is 9.80 Å². The lowest BCUT2D eigenvalue weighted by Gasteiger charge is -2.42. The van der Waals surface area contributed by atoms with Crippen molar-refractivity contribution in [2.45, 2.75) is 90.4 Å². The predicted octanol–water partition coefficient (Wildman–Crippen LogP) is 3.59. The van der Waals surface area contributed by atoms with Gasteiger partial charge in [-0.2, -0.15) is 0 Å². The first-order chi connectivity index (χ1) is 13.0. The first-order valence-corrected chi connectivity index (χ1v) is 11.0. The Hall–Kier alpha value is -1.20. The molecule has 2 unspecified atom stereocenters. The Balaban J connectivity index is 1.46. The van der Waals surface area contributed by atoms with Gasteiger partial charge in [0.1, 0.15) is 0 Å². The molecule has 3 rings (SSSR count). The second-order valence-electron chi connectivity index (χ2n) is 9.12. The zero-order valence-corrected chi connectivity index (χ0v) is 18.1. The summed E-state index contributed by atoms with van der Waals surface area (Å²) in [5.41, 5.74) is 1.28. The number of rotatable bonds is 9. The van der Waals surface area contributed by atoms with Gasteiger partial charge in [0.15, 0.2) is 0 Å². The fourth-order valence-electron chi connectivity index (χ4n) is 4.42. The molecule has 2 aliphatic heterocycles. The third-order valence-corrected chi connectivity index (χ3v) is 6.52. The lowest BCUT2D eigenvalue weighted by Crippen LogP contribution is -2.56. The van der Waals surface area contributed by atoms with Crippen molar-refractivity contribution in [2.24, 2.45) is 0 Å². The summed E-state index contributed by atoms with van der Waals surface area (Å²) in [5, 5.41) is 0.